The molecule has 19 heavy (non-hydrogen) atoms. The minimum Gasteiger partial charge on any atom is -0.355 e. The van der Waals surface area contributed by atoms with Crippen LogP contribution < -0.4 is 4.90 Å². The monoisotopic (exact) mass is 274 g/mol. The number of pyridine rings is 1. The summed E-state index contributed by atoms with van der Waals surface area (Å²) < 4.78 is 0. The molecule has 0 bridgehead atoms. The molecule has 2 rings (SSSR count). The van der Waals surface area contributed by atoms with Gasteiger partial charge < -0.3 is 4.90 Å². The van der Waals surface area contributed by atoms with Gasteiger partial charge in [0.1, 0.15) is 5.82 Å². The van der Waals surface area contributed by atoms with E-state index in [1.807, 2.05) is 13.0 Å². The molecule has 0 fully saturated rings. The lowest BCUT2D eigenvalue weighted by Gasteiger charge is -2.20. The first kappa shape index (κ1) is 13.9. The topological polar surface area (TPSA) is 16.1 Å². The van der Waals surface area contributed by atoms with Crippen molar-refractivity contribution in [1.82, 2.24) is 4.98 Å². The van der Waals surface area contributed by atoms with Crippen molar-refractivity contribution in [1.29, 1.82) is 0 Å². The van der Waals surface area contributed by atoms with Gasteiger partial charge in [0.2, 0.25) is 0 Å². The Morgan fingerprint density at radius 1 is 1.16 bits per heavy atom. The van der Waals surface area contributed by atoms with Crippen LogP contribution in [0.25, 0.3) is 0 Å². The summed E-state index contributed by atoms with van der Waals surface area (Å²) in [6, 6.07) is 12.5. The Morgan fingerprint density at radius 2 is 1.89 bits per heavy atom. The number of alkyl halides is 1. The summed E-state index contributed by atoms with van der Waals surface area (Å²) in [7, 11) is 2.06. The lowest BCUT2D eigenvalue weighted by Crippen LogP contribution is -2.18. The predicted molar refractivity (Wildman–Crippen MR) is 81.8 cm³/mol. The maximum Gasteiger partial charge on any atom is 0.129 e. The van der Waals surface area contributed by atoms with E-state index in [1.54, 1.807) is 0 Å². The van der Waals surface area contributed by atoms with Crippen LogP contribution in [0.5, 0.6) is 0 Å². The molecule has 0 N–H and O–H groups in total. The van der Waals surface area contributed by atoms with E-state index < -0.39 is 0 Å². The number of rotatable bonds is 4. The number of hydrogen-bond donors (Lipinski definition) is 0. The molecule has 1 heterocycles. The summed E-state index contributed by atoms with van der Waals surface area (Å²) in [6.07, 6.45) is 0. The molecule has 1 aromatic carbocycles. The highest BCUT2D eigenvalue weighted by molar-refractivity contribution is 6.17. The van der Waals surface area contributed by atoms with E-state index in [-0.39, 0.29) is 0 Å². The Bertz CT molecular complexity index is 566. The summed E-state index contributed by atoms with van der Waals surface area (Å²) in [5.74, 6) is 1.49. The zero-order valence-electron chi connectivity index (χ0n) is 11.7. The third-order valence-corrected chi connectivity index (χ3v) is 3.52. The maximum atomic E-state index is 5.91. The predicted octanol–water partition coefficient (Wildman–Crippen LogP) is 4.07. The molecule has 0 aliphatic carbocycles. The van der Waals surface area contributed by atoms with Crippen molar-refractivity contribution < 1.29 is 0 Å². The first-order valence-electron chi connectivity index (χ1n) is 6.39. The number of nitrogens with zero attached hydrogens (tertiary/aromatic N) is 2. The van der Waals surface area contributed by atoms with Gasteiger partial charge in [0.05, 0.1) is 0 Å². The Hall–Kier alpha value is -1.54. The molecular formula is C16H19ClN2. The minimum atomic E-state index is 0.522. The summed E-state index contributed by atoms with van der Waals surface area (Å²) >= 11 is 5.91. The molecule has 0 radical (unpaired) electrons. The molecule has 0 saturated heterocycles. The summed E-state index contributed by atoms with van der Waals surface area (Å²) in [5, 5.41) is 0. The molecular weight excluding hydrogens is 256 g/mol. The normalized spacial score (nSPS) is 10.5. The zero-order chi connectivity index (χ0) is 13.8. The Balaban J connectivity index is 2.22. The Labute approximate surface area is 120 Å². The standard InChI is InChI=1S/C16H19ClN2/c1-12-6-4-5-7-15(12)11-19(3)16-9-14(10-17)8-13(2)18-16/h4-9H,10-11H2,1-3H3. The van der Waals surface area contributed by atoms with Crippen LogP contribution in [0.4, 0.5) is 5.82 Å². The second kappa shape index (κ2) is 6.07. The van der Waals surface area contributed by atoms with Gasteiger partial charge in [0.15, 0.2) is 0 Å². The van der Waals surface area contributed by atoms with Gasteiger partial charge in [-0.05, 0) is 42.7 Å². The first-order chi connectivity index (χ1) is 9.10. The molecule has 0 atom stereocenters. The fraction of sp³-hybridized carbons (Fsp3) is 0.312. The number of aryl methyl sites for hydroxylation is 2. The van der Waals surface area contributed by atoms with Crippen LogP contribution in [0.15, 0.2) is 36.4 Å². The number of benzene rings is 1. The SMILES string of the molecule is Cc1cc(CCl)cc(N(C)Cc2ccccc2C)n1. The van der Waals surface area contributed by atoms with Crippen LogP contribution in [0.3, 0.4) is 0 Å². The van der Waals surface area contributed by atoms with Crippen molar-refractivity contribution in [3.8, 4) is 0 Å². The molecule has 0 unspecified atom stereocenters. The van der Waals surface area contributed by atoms with E-state index in [4.69, 9.17) is 11.6 Å². The lowest BCUT2D eigenvalue weighted by atomic mass is 10.1. The highest BCUT2D eigenvalue weighted by Gasteiger charge is 2.07. The third-order valence-electron chi connectivity index (χ3n) is 3.21. The molecule has 0 aliphatic heterocycles. The van der Waals surface area contributed by atoms with Gasteiger partial charge in [-0.25, -0.2) is 4.98 Å². The fourth-order valence-corrected chi connectivity index (χ4v) is 2.27. The van der Waals surface area contributed by atoms with Crippen molar-refractivity contribution in [2.45, 2.75) is 26.3 Å². The molecule has 0 aliphatic rings. The minimum absolute atomic E-state index is 0.522. The van der Waals surface area contributed by atoms with Gasteiger partial charge in [-0.3, -0.25) is 0 Å². The van der Waals surface area contributed by atoms with E-state index >= 15 is 0 Å². The van der Waals surface area contributed by atoms with Crippen LogP contribution in [0, 0.1) is 13.8 Å². The van der Waals surface area contributed by atoms with Gasteiger partial charge in [0.25, 0.3) is 0 Å². The smallest absolute Gasteiger partial charge is 0.129 e. The van der Waals surface area contributed by atoms with Crippen LogP contribution in [-0.4, -0.2) is 12.0 Å². The molecule has 100 valence electrons. The summed E-state index contributed by atoms with van der Waals surface area (Å²) in [6.45, 7) is 4.99. The number of aromatic nitrogens is 1. The molecule has 2 nitrogen and oxygen atoms in total. The van der Waals surface area contributed by atoms with Gasteiger partial charge in [0, 0.05) is 25.2 Å². The van der Waals surface area contributed by atoms with Crippen molar-refractivity contribution in [3.05, 3.63) is 58.8 Å². The average molecular weight is 275 g/mol. The van der Waals surface area contributed by atoms with E-state index in [0.29, 0.717) is 5.88 Å². The maximum absolute atomic E-state index is 5.91. The third kappa shape index (κ3) is 3.48. The second-order valence-electron chi connectivity index (χ2n) is 4.89. The van der Waals surface area contributed by atoms with Gasteiger partial charge in [-0.1, -0.05) is 24.3 Å². The number of hydrogen-bond acceptors (Lipinski definition) is 2. The van der Waals surface area contributed by atoms with Crippen molar-refractivity contribution in [3.63, 3.8) is 0 Å². The van der Waals surface area contributed by atoms with Gasteiger partial charge in [-0.2, -0.15) is 0 Å². The van der Waals surface area contributed by atoms with Gasteiger partial charge in [-0.15, -0.1) is 11.6 Å². The van der Waals surface area contributed by atoms with Gasteiger partial charge >= 0.3 is 0 Å². The quantitative estimate of drug-likeness (QED) is 0.781. The summed E-state index contributed by atoms with van der Waals surface area (Å²) in [4.78, 5) is 6.73. The van der Waals surface area contributed by atoms with E-state index in [1.165, 1.54) is 11.1 Å². The first-order valence-corrected chi connectivity index (χ1v) is 6.93. The molecule has 1 aromatic heterocycles. The van der Waals surface area contributed by atoms with E-state index in [0.717, 1.165) is 23.6 Å². The van der Waals surface area contributed by atoms with Crippen LogP contribution in [-0.2, 0) is 12.4 Å². The van der Waals surface area contributed by atoms with Crippen molar-refractivity contribution >= 4 is 17.4 Å². The van der Waals surface area contributed by atoms with Crippen molar-refractivity contribution in [2.24, 2.45) is 0 Å². The fourth-order valence-electron chi connectivity index (χ4n) is 2.12. The largest absolute Gasteiger partial charge is 0.355 e. The van der Waals surface area contributed by atoms with Crippen LogP contribution in [0.2, 0.25) is 0 Å². The molecule has 0 spiro atoms. The highest BCUT2D eigenvalue weighted by Crippen LogP contribution is 2.18. The molecule has 3 heteroatoms. The van der Waals surface area contributed by atoms with Crippen molar-refractivity contribution in [2.75, 3.05) is 11.9 Å². The average Bonchev–Trinajstić information content (AvgIpc) is 2.40. The number of halogens is 1. The molecule has 0 amide bonds. The van der Waals surface area contributed by atoms with E-state index in [2.05, 4.69) is 54.2 Å². The second-order valence-corrected chi connectivity index (χ2v) is 5.16. The Morgan fingerprint density at radius 3 is 2.58 bits per heavy atom. The molecule has 0 saturated carbocycles. The Kier molecular flexibility index (Phi) is 4.43. The van der Waals surface area contributed by atoms with E-state index in [9.17, 15) is 0 Å². The zero-order valence-corrected chi connectivity index (χ0v) is 12.4. The highest BCUT2D eigenvalue weighted by atomic mass is 35.5. The van der Waals surface area contributed by atoms with Crippen LogP contribution in [0.1, 0.15) is 22.4 Å². The molecule has 2 aromatic rings. The number of anilines is 1. The summed E-state index contributed by atoms with van der Waals surface area (Å²) in [5.41, 5.74) is 4.74. The lowest BCUT2D eigenvalue weighted by molar-refractivity contribution is 0.883. The van der Waals surface area contributed by atoms with Crippen LogP contribution >= 0.6 is 11.6 Å².